The second-order valence-electron chi connectivity index (χ2n) is 5.68. The minimum Gasteiger partial charge on any atom is -0.380 e. The average Bonchev–Trinajstić information content (AvgIpc) is 3.03. The molecule has 0 saturated carbocycles. The number of aromatic nitrogens is 2. The summed E-state index contributed by atoms with van der Waals surface area (Å²) in [7, 11) is 0. The molecule has 0 aliphatic heterocycles. The molecule has 1 heterocycles. The first kappa shape index (κ1) is 17.3. The Bertz CT molecular complexity index is 642. The molecule has 1 amide bonds. The fraction of sp³-hybridized carbons (Fsp3) is 0.412. The van der Waals surface area contributed by atoms with Crippen molar-refractivity contribution in [2.45, 2.75) is 39.3 Å². The van der Waals surface area contributed by atoms with E-state index in [-0.39, 0.29) is 18.0 Å². The first-order chi connectivity index (χ1) is 11.0. The van der Waals surface area contributed by atoms with E-state index in [1.807, 2.05) is 42.1 Å². The molecule has 2 N–H and O–H groups in total. The van der Waals surface area contributed by atoms with Crippen molar-refractivity contribution < 1.29 is 4.79 Å². The summed E-state index contributed by atoms with van der Waals surface area (Å²) in [5.41, 5.74) is 2.91. The molecule has 23 heavy (non-hydrogen) atoms. The van der Waals surface area contributed by atoms with E-state index in [9.17, 15) is 4.79 Å². The summed E-state index contributed by atoms with van der Waals surface area (Å²) in [5, 5.41) is 10.6. The van der Waals surface area contributed by atoms with E-state index in [4.69, 9.17) is 11.6 Å². The Labute approximate surface area is 142 Å². The summed E-state index contributed by atoms with van der Waals surface area (Å²) in [6.07, 6.45) is 4.07. The van der Waals surface area contributed by atoms with E-state index in [2.05, 4.69) is 29.6 Å². The van der Waals surface area contributed by atoms with Gasteiger partial charge >= 0.3 is 0 Å². The van der Waals surface area contributed by atoms with Gasteiger partial charge in [0.2, 0.25) is 5.91 Å². The van der Waals surface area contributed by atoms with Crippen molar-refractivity contribution >= 4 is 28.9 Å². The van der Waals surface area contributed by atoms with E-state index >= 15 is 0 Å². The summed E-state index contributed by atoms with van der Waals surface area (Å²) < 4.78 is 1.94. The normalized spacial score (nSPS) is 13.4. The van der Waals surface area contributed by atoms with Crippen LogP contribution in [0.3, 0.4) is 0 Å². The topological polar surface area (TPSA) is 59.0 Å². The predicted molar refractivity (Wildman–Crippen MR) is 95.2 cm³/mol. The van der Waals surface area contributed by atoms with Crippen molar-refractivity contribution in [1.82, 2.24) is 9.78 Å². The maximum atomic E-state index is 11.6. The van der Waals surface area contributed by atoms with Gasteiger partial charge in [0.05, 0.1) is 6.04 Å². The third-order valence-corrected chi connectivity index (χ3v) is 4.07. The molecule has 0 fully saturated rings. The van der Waals surface area contributed by atoms with Crippen molar-refractivity contribution in [1.29, 1.82) is 0 Å². The molecule has 0 aliphatic rings. The summed E-state index contributed by atoms with van der Waals surface area (Å²) in [6.45, 7) is 6.27. The molecule has 2 atom stereocenters. The van der Waals surface area contributed by atoms with Crippen molar-refractivity contribution in [3.8, 4) is 0 Å². The maximum absolute atomic E-state index is 11.6. The molecule has 5 nitrogen and oxygen atoms in total. The van der Waals surface area contributed by atoms with E-state index in [0.717, 1.165) is 16.9 Å². The third kappa shape index (κ3) is 4.73. The molecule has 0 radical (unpaired) electrons. The number of benzene rings is 1. The van der Waals surface area contributed by atoms with Crippen molar-refractivity contribution in [3.05, 3.63) is 42.2 Å². The number of alkyl halides is 1. The van der Waals surface area contributed by atoms with Crippen LogP contribution in [0.1, 0.15) is 31.9 Å². The minimum absolute atomic E-state index is 0.0687. The lowest BCUT2D eigenvalue weighted by molar-refractivity contribution is -0.115. The van der Waals surface area contributed by atoms with Gasteiger partial charge in [-0.15, -0.1) is 11.6 Å². The molecule has 0 spiro atoms. The Morgan fingerprint density at radius 3 is 2.78 bits per heavy atom. The van der Waals surface area contributed by atoms with Crippen LogP contribution in [0.2, 0.25) is 0 Å². The van der Waals surface area contributed by atoms with Crippen LogP contribution in [0.25, 0.3) is 0 Å². The zero-order chi connectivity index (χ0) is 16.8. The Balaban J connectivity index is 2.02. The van der Waals surface area contributed by atoms with Gasteiger partial charge < -0.3 is 10.6 Å². The first-order valence-electron chi connectivity index (χ1n) is 7.73. The van der Waals surface area contributed by atoms with Gasteiger partial charge in [-0.25, -0.2) is 0 Å². The van der Waals surface area contributed by atoms with Crippen LogP contribution in [0.5, 0.6) is 0 Å². The number of hydrogen-bond donors (Lipinski definition) is 2. The quantitative estimate of drug-likeness (QED) is 0.757. The molecule has 0 aliphatic carbocycles. The number of rotatable bonds is 7. The van der Waals surface area contributed by atoms with E-state index in [1.165, 1.54) is 0 Å². The van der Waals surface area contributed by atoms with Gasteiger partial charge in [-0.05, 0) is 50.6 Å². The number of halogens is 1. The van der Waals surface area contributed by atoms with Crippen molar-refractivity contribution in [3.63, 3.8) is 0 Å². The maximum Gasteiger partial charge on any atom is 0.225 e. The largest absolute Gasteiger partial charge is 0.380 e. The van der Waals surface area contributed by atoms with Crippen LogP contribution in [-0.2, 0) is 4.79 Å². The molecule has 6 heteroatoms. The summed E-state index contributed by atoms with van der Waals surface area (Å²) >= 11 is 5.57. The Hall–Kier alpha value is -2.01. The van der Waals surface area contributed by atoms with Crippen molar-refractivity contribution in [2.75, 3.05) is 16.5 Å². The summed E-state index contributed by atoms with van der Waals surface area (Å²) in [4.78, 5) is 11.6. The van der Waals surface area contributed by atoms with Crippen LogP contribution in [0.15, 0.2) is 36.7 Å². The number of anilines is 2. The molecule has 0 saturated heterocycles. The number of nitrogens with zero attached hydrogens (tertiary/aromatic N) is 2. The molecular formula is C17H23ClN4O. The number of amides is 1. The molecule has 2 aromatic rings. The molecule has 2 rings (SSSR count). The average molecular weight is 335 g/mol. The number of aryl methyl sites for hydroxylation is 1. The van der Waals surface area contributed by atoms with Crippen LogP contribution >= 0.6 is 11.6 Å². The third-order valence-electron chi connectivity index (χ3n) is 3.88. The first-order valence-corrected chi connectivity index (χ1v) is 8.27. The summed E-state index contributed by atoms with van der Waals surface area (Å²) in [6, 6.07) is 8.20. The summed E-state index contributed by atoms with van der Waals surface area (Å²) in [5.74, 6) is 0.258. The molecule has 1 aromatic heterocycles. The van der Waals surface area contributed by atoms with Crippen LogP contribution < -0.4 is 10.6 Å². The van der Waals surface area contributed by atoms with Gasteiger partial charge in [0.15, 0.2) is 0 Å². The van der Waals surface area contributed by atoms with Crippen LogP contribution in [0, 0.1) is 6.92 Å². The smallest absolute Gasteiger partial charge is 0.225 e. The number of carbonyl (C=O) groups excluding carboxylic acids is 1. The number of carbonyl (C=O) groups is 1. The van der Waals surface area contributed by atoms with E-state index in [0.29, 0.717) is 12.3 Å². The van der Waals surface area contributed by atoms with E-state index < -0.39 is 0 Å². The molecule has 1 unspecified atom stereocenters. The SMILES string of the molecule is Cc1cc(NC(=O)CCCl)ccc1N[C@@H](C)C(C)n1cccn1. The van der Waals surface area contributed by atoms with Crippen LogP contribution in [0.4, 0.5) is 11.4 Å². The second-order valence-corrected chi connectivity index (χ2v) is 6.05. The van der Waals surface area contributed by atoms with E-state index in [1.54, 1.807) is 6.20 Å². The Kier molecular flexibility index (Phi) is 6.04. The lowest BCUT2D eigenvalue weighted by Crippen LogP contribution is -2.27. The number of nitrogens with one attached hydrogen (secondary N) is 2. The lowest BCUT2D eigenvalue weighted by atomic mass is 10.1. The Morgan fingerprint density at radius 1 is 1.39 bits per heavy atom. The molecule has 124 valence electrons. The van der Waals surface area contributed by atoms with Gasteiger partial charge in [-0.2, -0.15) is 5.10 Å². The fourth-order valence-corrected chi connectivity index (χ4v) is 2.50. The minimum atomic E-state index is -0.0687. The second kappa shape index (κ2) is 8.02. The van der Waals surface area contributed by atoms with Gasteiger partial charge in [0.1, 0.15) is 0 Å². The monoisotopic (exact) mass is 334 g/mol. The van der Waals surface area contributed by atoms with Crippen LogP contribution in [-0.4, -0.2) is 27.6 Å². The molecular weight excluding hydrogens is 312 g/mol. The standard InChI is InChI=1S/C17H23ClN4O/c1-12-11-15(21-17(23)7-8-18)5-6-16(12)20-13(2)14(3)22-10-4-9-19-22/h4-6,9-11,13-14,20H,7-8H2,1-3H3,(H,21,23)/t13-,14?/m0/s1. The highest BCUT2D eigenvalue weighted by Crippen LogP contribution is 2.23. The predicted octanol–water partition coefficient (Wildman–Crippen LogP) is 3.82. The van der Waals surface area contributed by atoms with Gasteiger partial charge in [0.25, 0.3) is 0 Å². The molecule has 0 bridgehead atoms. The highest BCUT2D eigenvalue weighted by molar-refractivity contribution is 6.19. The lowest BCUT2D eigenvalue weighted by Gasteiger charge is -2.24. The highest BCUT2D eigenvalue weighted by atomic mass is 35.5. The zero-order valence-corrected chi connectivity index (χ0v) is 14.5. The fourth-order valence-electron chi connectivity index (χ4n) is 2.33. The van der Waals surface area contributed by atoms with Gasteiger partial charge in [-0.1, -0.05) is 0 Å². The van der Waals surface area contributed by atoms with Gasteiger partial charge in [0, 0.05) is 42.1 Å². The van der Waals surface area contributed by atoms with Crippen molar-refractivity contribution in [2.24, 2.45) is 0 Å². The van der Waals surface area contributed by atoms with Gasteiger partial charge in [-0.3, -0.25) is 9.48 Å². The zero-order valence-electron chi connectivity index (χ0n) is 13.7. The Morgan fingerprint density at radius 2 is 2.17 bits per heavy atom. The highest BCUT2D eigenvalue weighted by Gasteiger charge is 2.15. The molecule has 1 aromatic carbocycles. The number of hydrogen-bond acceptors (Lipinski definition) is 3.